The van der Waals surface area contributed by atoms with E-state index in [2.05, 4.69) is 15.5 Å². The van der Waals surface area contributed by atoms with Crippen LogP contribution < -0.4 is 5.43 Å². The third kappa shape index (κ3) is 4.74. The molecule has 142 valence electrons. The summed E-state index contributed by atoms with van der Waals surface area (Å²) in [5.41, 5.74) is 3.44. The Morgan fingerprint density at radius 1 is 1.32 bits per heavy atom. The van der Waals surface area contributed by atoms with Gasteiger partial charge < -0.3 is 5.11 Å². The lowest BCUT2D eigenvalue weighted by molar-refractivity contribution is -0.384. The zero-order valence-electron chi connectivity index (χ0n) is 14.2. The molecule has 0 atom stereocenters. The van der Waals surface area contributed by atoms with E-state index in [1.165, 1.54) is 29.5 Å². The van der Waals surface area contributed by atoms with E-state index in [1.807, 2.05) is 0 Å². The Labute approximate surface area is 162 Å². The molecule has 0 saturated heterocycles. The highest BCUT2D eigenvalue weighted by molar-refractivity contribution is 7.13. The first-order chi connectivity index (χ1) is 13.4. The van der Waals surface area contributed by atoms with Crippen LogP contribution in [-0.2, 0) is 11.2 Å². The van der Waals surface area contributed by atoms with Gasteiger partial charge >= 0.3 is 0 Å². The van der Waals surface area contributed by atoms with E-state index in [1.54, 1.807) is 17.5 Å². The number of thiazole rings is 1. The molecule has 1 aromatic heterocycles. The van der Waals surface area contributed by atoms with E-state index in [0.717, 1.165) is 23.9 Å². The molecule has 0 radical (unpaired) electrons. The number of phenolic OH excluding ortho intramolecular Hbond substituents is 1. The molecule has 2 aromatic carbocycles. The number of hydrazone groups is 1. The molecule has 0 bridgehead atoms. The summed E-state index contributed by atoms with van der Waals surface area (Å²) in [6.45, 7) is 0. The molecule has 3 aromatic rings. The fourth-order valence-electron chi connectivity index (χ4n) is 2.25. The summed E-state index contributed by atoms with van der Waals surface area (Å²) in [7, 11) is 0. The number of amides is 1. The van der Waals surface area contributed by atoms with Crippen molar-refractivity contribution in [3.8, 4) is 16.3 Å². The van der Waals surface area contributed by atoms with Crippen LogP contribution in [0.5, 0.6) is 5.75 Å². The number of nitrogens with zero attached hydrogens (tertiary/aromatic N) is 3. The maximum Gasteiger partial charge on any atom is 0.270 e. The van der Waals surface area contributed by atoms with Gasteiger partial charge in [0.15, 0.2) is 0 Å². The van der Waals surface area contributed by atoms with Crippen molar-refractivity contribution in [2.45, 2.75) is 6.42 Å². The number of benzene rings is 2. The number of hydrogen-bond donors (Lipinski definition) is 2. The largest absolute Gasteiger partial charge is 0.507 e. The number of aromatic hydroxyl groups is 1. The molecule has 2 N–H and O–H groups in total. The normalized spacial score (nSPS) is 10.9. The topological polar surface area (TPSA) is 118 Å². The van der Waals surface area contributed by atoms with Gasteiger partial charge in [0, 0.05) is 28.6 Å². The van der Waals surface area contributed by atoms with E-state index in [9.17, 15) is 24.4 Å². The number of non-ortho nitro benzene ring substituents is 1. The highest BCUT2D eigenvalue weighted by Crippen LogP contribution is 2.24. The summed E-state index contributed by atoms with van der Waals surface area (Å²) in [4.78, 5) is 26.5. The average molecular weight is 400 g/mol. The number of nitro benzene ring substituents is 1. The van der Waals surface area contributed by atoms with Crippen molar-refractivity contribution < 1.29 is 19.2 Å². The first-order valence-electron chi connectivity index (χ1n) is 7.92. The van der Waals surface area contributed by atoms with Crippen LogP contribution in [0.4, 0.5) is 10.1 Å². The van der Waals surface area contributed by atoms with Crippen molar-refractivity contribution in [2.75, 3.05) is 0 Å². The minimum atomic E-state index is -0.601. The first-order valence-corrected chi connectivity index (χ1v) is 8.80. The number of halogens is 1. The molecule has 1 heterocycles. The van der Waals surface area contributed by atoms with Crippen LogP contribution in [0.3, 0.4) is 0 Å². The summed E-state index contributed by atoms with van der Waals surface area (Å²) in [6, 6.07) is 9.35. The lowest BCUT2D eigenvalue weighted by Crippen LogP contribution is -2.19. The maximum absolute atomic E-state index is 13.0. The van der Waals surface area contributed by atoms with Crippen LogP contribution in [0, 0.1) is 15.9 Å². The van der Waals surface area contributed by atoms with Gasteiger partial charge in [-0.05, 0) is 30.3 Å². The van der Waals surface area contributed by atoms with Crippen molar-refractivity contribution in [1.29, 1.82) is 0 Å². The van der Waals surface area contributed by atoms with Crippen LogP contribution in [-0.4, -0.2) is 27.1 Å². The zero-order chi connectivity index (χ0) is 20.1. The molecule has 10 heteroatoms. The molecular weight excluding hydrogens is 387 g/mol. The van der Waals surface area contributed by atoms with E-state index in [0.29, 0.717) is 10.7 Å². The van der Waals surface area contributed by atoms with Crippen molar-refractivity contribution in [3.63, 3.8) is 0 Å². The molecule has 28 heavy (non-hydrogen) atoms. The third-order valence-corrected chi connectivity index (χ3v) is 4.54. The van der Waals surface area contributed by atoms with Crippen LogP contribution in [0.2, 0.25) is 0 Å². The zero-order valence-corrected chi connectivity index (χ0v) is 15.0. The Kier molecular flexibility index (Phi) is 5.70. The van der Waals surface area contributed by atoms with Gasteiger partial charge in [0.05, 0.1) is 23.3 Å². The summed E-state index contributed by atoms with van der Waals surface area (Å²) in [6.07, 6.45) is 1.08. The summed E-state index contributed by atoms with van der Waals surface area (Å²) < 4.78 is 13.0. The Morgan fingerprint density at radius 2 is 2.07 bits per heavy atom. The van der Waals surface area contributed by atoms with Gasteiger partial charge in [-0.2, -0.15) is 5.10 Å². The minimum Gasteiger partial charge on any atom is -0.507 e. The number of rotatable bonds is 6. The monoisotopic (exact) mass is 400 g/mol. The lowest BCUT2D eigenvalue weighted by Gasteiger charge is -2.00. The second-order valence-electron chi connectivity index (χ2n) is 5.62. The van der Waals surface area contributed by atoms with E-state index in [4.69, 9.17) is 0 Å². The maximum atomic E-state index is 13.0. The van der Waals surface area contributed by atoms with Gasteiger partial charge in [0.2, 0.25) is 5.91 Å². The van der Waals surface area contributed by atoms with E-state index < -0.39 is 10.8 Å². The molecule has 0 saturated carbocycles. The molecule has 3 rings (SSSR count). The molecule has 0 aliphatic rings. The molecule has 1 amide bonds. The van der Waals surface area contributed by atoms with Crippen LogP contribution in [0.25, 0.3) is 10.6 Å². The smallest absolute Gasteiger partial charge is 0.270 e. The van der Waals surface area contributed by atoms with Crippen LogP contribution in [0.1, 0.15) is 11.3 Å². The lowest BCUT2D eigenvalue weighted by atomic mass is 10.2. The van der Waals surface area contributed by atoms with Crippen molar-refractivity contribution in [3.05, 3.63) is 75.0 Å². The highest BCUT2D eigenvalue weighted by Gasteiger charge is 2.10. The number of carbonyl (C=O) groups excluding carboxylic acids is 1. The summed E-state index contributed by atoms with van der Waals surface area (Å²) in [5.74, 6) is -0.989. The second-order valence-corrected chi connectivity index (χ2v) is 6.48. The Balaban J connectivity index is 1.61. The molecule has 0 fully saturated rings. The standard InChI is InChI=1S/C18H13FN4O4S/c19-13-3-1-11(2-4-13)18-21-14(10-28-18)8-17(25)22-20-9-12-7-15(23(26)27)5-6-16(12)24/h1-7,9-10,24H,8H2,(H,22,25)/b20-9-. The summed E-state index contributed by atoms with van der Waals surface area (Å²) >= 11 is 1.33. The highest BCUT2D eigenvalue weighted by atomic mass is 32.1. The molecule has 0 spiro atoms. The molecule has 0 unspecified atom stereocenters. The predicted molar refractivity (Wildman–Crippen MR) is 102 cm³/mol. The quantitative estimate of drug-likeness (QED) is 0.374. The van der Waals surface area contributed by atoms with Gasteiger partial charge in [-0.1, -0.05) is 0 Å². The Morgan fingerprint density at radius 3 is 2.79 bits per heavy atom. The minimum absolute atomic E-state index is 0.0318. The Bertz CT molecular complexity index is 1050. The number of carbonyl (C=O) groups is 1. The number of aromatic nitrogens is 1. The number of hydrogen-bond acceptors (Lipinski definition) is 7. The van der Waals surface area contributed by atoms with Crippen molar-refractivity contribution in [1.82, 2.24) is 10.4 Å². The average Bonchev–Trinajstić information content (AvgIpc) is 3.12. The molecule has 0 aliphatic carbocycles. The number of nitrogens with one attached hydrogen (secondary N) is 1. The van der Waals surface area contributed by atoms with Crippen molar-refractivity contribution in [2.24, 2.45) is 5.10 Å². The van der Waals surface area contributed by atoms with Crippen LogP contribution in [0.15, 0.2) is 52.9 Å². The Hall–Kier alpha value is -3.66. The van der Waals surface area contributed by atoms with Crippen molar-refractivity contribution >= 4 is 29.1 Å². The van der Waals surface area contributed by atoms with E-state index in [-0.39, 0.29) is 29.2 Å². The fourth-order valence-corrected chi connectivity index (χ4v) is 3.08. The summed E-state index contributed by atoms with van der Waals surface area (Å²) in [5, 5.41) is 26.5. The molecule has 0 aliphatic heterocycles. The van der Waals surface area contributed by atoms with Gasteiger partial charge in [0.25, 0.3) is 5.69 Å². The molecular formula is C18H13FN4O4S. The first kappa shape index (κ1) is 19.1. The fraction of sp³-hybridized carbons (Fsp3) is 0.0556. The number of phenols is 1. The predicted octanol–water partition coefficient (Wildman–Crippen LogP) is 3.26. The van der Waals surface area contributed by atoms with Gasteiger partial charge in [-0.15, -0.1) is 11.3 Å². The SMILES string of the molecule is O=C(Cc1csc(-c2ccc(F)cc2)n1)N/N=C\c1cc([N+](=O)[O-])ccc1O. The third-order valence-electron chi connectivity index (χ3n) is 3.60. The second kappa shape index (κ2) is 8.35. The van der Waals surface area contributed by atoms with Crippen LogP contribution >= 0.6 is 11.3 Å². The number of nitro groups is 1. The van der Waals surface area contributed by atoms with Gasteiger partial charge in [-0.3, -0.25) is 14.9 Å². The van der Waals surface area contributed by atoms with Gasteiger partial charge in [0.1, 0.15) is 16.6 Å². The molecule has 8 nitrogen and oxygen atoms in total. The van der Waals surface area contributed by atoms with Gasteiger partial charge in [-0.25, -0.2) is 14.8 Å². The van der Waals surface area contributed by atoms with E-state index >= 15 is 0 Å².